The first kappa shape index (κ1) is 51.0. The largest absolute Gasteiger partial charge is 0.472 e. The number of hydrogen-bond acceptors (Lipinski definition) is 5. The van der Waals surface area contributed by atoms with Crippen LogP contribution in [-0.2, 0) is 18.4 Å². The maximum Gasteiger partial charge on any atom is 0.472 e. The van der Waals surface area contributed by atoms with Gasteiger partial charge < -0.3 is 19.8 Å². The van der Waals surface area contributed by atoms with E-state index in [1.165, 1.54) is 135 Å². The minimum atomic E-state index is -4.33. The van der Waals surface area contributed by atoms with Gasteiger partial charge in [0.25, 0.3) is 0 Å². The molecule has 8 nitrogen and oxygen atoms in total. The zero-order chi connectivity index (χ0) is 38.6. The number of rotatable bonds is 39. The summed E-state index contributed by atoms with van der Waals surface area (Å²) in [6, 6.07) is -0.842. The van der Waals surface area contributed by atoms with E-state index in [2.05, 4.69) is 31.3 Å². The quantitative estimate of drug-likeness (QED) is 0.0250. The summed E-state index contributed by atoms with van der Waals surface area (Å²) >= 11 is 0. The summed E-state index contributed by atoms with van der Waals surface area (Å²) in [6.45, 7) is 4.79. The van der Waals surface area contributed by atoms with E-state index in [4.69, 9.17) is 9.05 Å². The molecule has 0 aliphatic rings. The van der Waals surface area contributed by atoms with Crippen LogP contribution in [0.25, 0.3) is 0 Å². The predicted molar refractivity (Wildman–Crippen MR) is 221 cm³/mol. The van der Waals surface area contributed by atoms with Crippen molar-refractivity contribution in [1.29, 1.82) is 0 Å². The lowest BCUT2D eigenvalue weighted by Gasteiger charge is -2.25. The van der Waals surface area contributed by atoms with Gasteiger partial charge in [-0.15, -0.1) is 0 Å². The highest BCUT2D eigenvalue weighted by Gasteiger charge is 2.27. The molecule has 0 aliphatic carbocycles. The highest BCUT2D eigenvalue weighted by molar-refractivity contribution is 7.47. The Kier molecular flexibility index (Phi) is 35.0. The van der Waals surface area contributed by atoms with Crippen LogP contribution >= 0.6 is 7.82 Å². The standard InChI is InChI=1S/C43H85N2O6P/c1-6-8-10-12-14-16-18-19-20-21-22-23-24-25-27-29-31-33-35-37-43(47)44-41(40-51-52(48,49)50-39-38-45(3,4)5)42(46)36-34-32-30-28-26-17-15-13-11-9-7-2/h19-20,34,36,41-42,46H,6-18,21-33,35,37-40H2,1-5H3,(H-,44,47,48,49)/p+1/b20-19+,36-34+/t41-,42+/m0/s1. The number of quaternary nitrogens is 1. The fraction of sp³-hybridized carbons (Fsp3) is 0.884. The van der Waals surface area contributed by atoms with Crippen molar-refractivity contribution in [1.82, 2.24) is 5.32 Å². The number of unbranched alkanes of at least 4 members (excludes halogenated alkanes) is 24. The molecule has 308 valence electrons. The number of aliphatic hydroxyl groups excluding tert-OH is 1. The van der Waals surface area contributed by atoms with Gasteiger partial charge in [-0.2, -0.15) is 0 Å². The van der Waals surface area contributed by atoms with Gasteiger partial charge in [-0.05, 0) is 44.9 Å². The zero-order valence-corrected chi connectivity index (χ0v) is 35.7. The van der Waals surface area contributed by atoms with E-state index in [1.807, 2.05) is 27.2 Å². The molecule has 0 saturated heterocycles. The summed E-state index contributed by atoms with van der Waals surface area (Å²) < 4.78 is 23.5. The molecule has 0 aromatic rings. The molecule has 0 aromatic heterocycles. The number of nitrogens with one attached hydrogen (secondary N) is 1. The molecule has 0 rings (SSSR count). The summed E-state index contributed by atoms with van der Waals surface area (Å²) in [5.74, 6) is -0.181. The molecule has 0 aromatic carbocycles. The van der Waals surface area contributed by atoms with Crippen LogP contribution in [-0.4, -0.2) is 73.4 Å². The SMILES string of the molecule is CCCCCCCC/C=C/CCCCCCCCCCCC(=O)N[C@@H](COP(=O)(O)OCC[N+](C)(C)C)[C@H](O)/C=C/CCCCCCCCCCC. The van der Waals surface area contributed by atoms with Crippen LogP contribution in [0.5, 0.6) is 0 Å². The van der Waals surface area contributed by atoms with Crippen molar-refractivity contribution in [2.24, 2.45) is 0 Å². The van der Waals surface area contributed by atoms with Crippen LogP contribution in [0, 0.1) is 0 Å². The third kappa shape index (κ3) is 37.3. The fourth-order valence-electron chi connectivity index (χ4n) is 6.15. The molecular formula is C43H86N2O6P+. The van der Waals surface area contributed by atoms with Crippen molar-refractivity contribution in [3.8, 4) is 0 Å². The summed E-state index contributed by atoms with van der Waals surface area (Å²) in [6.07, 6.45) is 41.0. The Hall–Kier alpha value is -1.02. The maximum absolute atomic E-state index is 12.8. The van der Waals surface area contributed by atoms with Crippen molar-refractivity contribution in [2.45, 2.75) is 206 Å². The van der Waals surface area contributed by atoms with Crippen LogP contribution in [0.4, 0.5) is 0 Å². The van der Waals surface area contributed by atoms with E-state index in [0.717, 1.165) is 38.5 Å². The highest BCUT2D eigenvalue weighted by Crippen LogP contribution is 2.43. The smallest absolute Gasteiger partial charge is 0.387 e. The van der Waals surface area contributed by atoms with E-state index < -0.39 is 20.0 Å². The normalized spacial score (nSPS) is 14.7. The second-order valence-electron chi connectivity index (χ2n) is 16.1. The fourth-order valence-corrected chi connectivity index (χ4v) is 6.89. The van der Waals surface area contributed by atoms with Crippen LogP contribution < -0.4 is 5.32 Å². The minimum absolute atomic E-state index is 0.0620. The van der Waals surface area contributed by atoms with Gasteiger partial charge in [0, 0.05) is 6.42 Å². The summed E-state index contributed by atoms with van der Waals surface area (Å²) in [7, 11) is 1.57. The second-order valence-corrected chi connectivity index (χ2v) is 17.5. The number of nitrogens with zero attached hydrogens (tertiary/aromatic N) is 1. The molecule has 52 heavy (non-hydrogen) atoms. The third-order valence-electron chi connectivity index (χ3n) is 9.67. The number of aliphatic hydroxyl groups is 1. The van der Waals surface area contributed by atoms with Crippen LogP contribution in [0.3, 0.4) is 0 Å². The lowest BCUT2D eigenvalue weighted by molar-refractivity contribution is -0.870. The first-order valence-electron chi connectivity index (χ1n) is 21.7. The van der Waals surface area contributed by atoms with Gasteiger partial charge in [-0.1, -0.05) is 167 Å². The molecule has 3 atom stereocenters. The van der Waals surface area contributed by atoms with Gasteiger partial charge in [-0.25, -0.2) is 4.57 Å². The molecule has 9 heteroatoms. The first-order chi connectivity index (χ1) is 25.0. The van der Waals surface area contributed by atoms with Crippen LogP contribution in [0.15, 0.2) is 24.3 Å². The Morgan fingerprint density at radius 2 is 1.04 bits per heavy atom. The average molecular weight is 758 g/mol. The van der Waals surface area contributed by atoms with E-state index in [0.29, 0.717) is 17.4 Å². The van der Waals surface area contributed by atoms with E-state index in [-0.39, 0.29) is 19.1 Å². The van der Waals surface area contributed by atoms with Crippen LogP contribution in [0.2, 0.25) is 0 Å². The highest BCUT2D eigenvalue weighted by atomic mass is 31.2. The van der Waals surface area contributed by atoms with Gasteiger partial charge in [0.1, 0.15) is 13.2 Å². The molecular weight excluding hydrogens is 671 g/mol. The topological polar surface area (TPSA) is 105 Å². The zero-order valence-electron chi connectivity index (χ0n) is 34.8. The minimum Gasteiger partial charge on any atom is -0.387 e. The predicted octanol–water partition coefficient (Wildman–Crippen LogP) is 11.7. The Morgan fingerprint density at radius 1 is 0.635 bits per heavy atom. The number of amides is 1. The van der Waals surface area contributed by atoms with E-state index in [1.54, 1.807) is 6.08 Å². The lowest BCUT2D eigenvalue weighted by atomic mass is 10.0. The molecule has 0 fully saturated rings. The van der Waals surface area contributed by atoms with Crippen molar-refractivity contribution in [3.05, 3.63) is 24.3 Å². The van der Waals surface area contributed by atoms with E-state index >= 15 is 0 Å². The molecule has 0 aliphatic heterocycles. The third-order valence-corrected chi connectivity index (χ3v) is 10.6. The number of allylic oxidation sites excluding steroid dienone is 3. The van der Waals surface area contributed by atoms with Crippen molar-refractivity contribution >= 4 is 13.7 Å². The van der Waals surface area contributed by atoms with Gasteiger partial charge in [0.05, 0.1) is 39.9 Å². The number of likely N-dealkylation sites (N-methyl/N-ethyl adjacent to an activating group) is 1. The summed E-state index contributed by atoms with van der Waals surface area (Å²) in [4.78, 5) is 23.1. The van der Waals surface area contributed by atoms with Gasteiger partial charge in [0.15, 0.2) is 0 Å². The van der Waals surface area contributed by atoms with Gasteiger partial charge in [-0.3, -0.25) is 13.8 Å². The number of phosphoric ester groups is 1. The molecule has 1 unspecified atom stereocenters. The van der Waals surface area contributed by atoms with Gasteiger partial charge >= 0.3 is 7.82 Å². The second kappa shape index (κ2) is 35.7. The maximum atomic E-state index is 12.8. The Labute approximate surface area is 322 Å². The Morgan fingerprint density at radius 3 is 1.48 bits per heavy atom. The molecule has 0 spiro atoms. The number of hydrogen-bond donors (Lipinski definition) is 3. The summed E-state index contributed by atoms with van der Waals surface area (Å²) in [5.41, 5.74) is 0. The molecule has 0 heterocycles. The molecule has 0 radical (unpaired) electrons. The van der Waals surface area contributed by atoms with Gasteiger partial charge in [0.2, 0.25) is 5.91 Å². The first-order valence-corrected chi connectivity index (χ1v) is 23.2. The molecule has 1 amide bonds. The lowest BCUT2D eigenvalue weighted by Crippen LogP contribution is -2.45. The number of phosphoric acid groups is 1. The van der Waals surface area contributed by atoms with E-state index in [9.17, 15) is 19.4 Å². The monoisotopic (exact) mass is 758 g/mol. The van der Waals surface area contributed by atoms with Crippen molar-refractivity contribution in [3.63, 3.8) is 0 Å². The number of carbonyl (C=O) groups excluding carboxylic acids is 1. The van der Waals surface area contributed by atoms with Crippen LogP contribution in [0.1, 0.15) is 194 Å². The Balaban J connectivity index is 4.36. The average Bonchev–Trinajstić information content (AvgIpc) is 3.09. The molecule has 0 saturated carbocycles. The number of carbonyl (C=O) groups is 1. The molecule has 3 N–H and O–H groups in total. The molecule has 0 bridgehead atoms. The van der Waals surface area contributed by atoms with Crippen molar-refractivity contribution in [2.75, 3.05) is 40.9 Å². The Bertz CT molecular complexity index is 907. The summed E-state index contributed by atoms with van der Waals surface area (Å²) in [5, 5.41) is 13.8. The van der Waals surface area contributed by atoms with Crippen molar-refractivity contribution < 1.29 is 32.9 Å².